The number of ether oxygens (including phenoxy) is 1. The van der Waals surface area contributed by atoms with Crippen molar-refractivity contribution >= 4 is 21.8 Å². The lowest BCUT2D eigenvalue weighted by Crippen LogP contribution is -2.39. The summed E-state index contributed by atoms with van der Waals surface area (Å²) in [4.78, 5) is 23.3. The van der Waals surface area contributed by atoms with Crippen molar-refractivity contribution in [1.29, 1.82) is 0 Å². The Morgan fingerprint density at radius 2 is 1.83 bits per heavy atom. The molecule has 1 unspecified atom stereocenters. The highest BCUT2D eigenvalue weighted by Crippen LogP contribution is 2.33. The number of nitrogens with zero attached hydrogens (tertiary/aromatic N) is 1. The molecule has 10 heteroatoms. The molecule has 2 aliphatic heterocycles. The largest absolute Gasteiger partial charge is 0.435 e. The lowest BCUT2D eigenvalue weighted by Gasteiger charge is -2.21. The summed E-state index contributed by atoms with van der Waals surface area (Å²) in [6, 6.07) is 10.3. The minimum Gasteiger partial charge on any atom is -0.435 e. The number of amides is 2. The number of hydrogen-bond donors (Lipinski definition) is 1. The molecule has 0 spiro atoms. The van der Waals surface area contributed by atoms with Crippen LogP contribution >= 0.6 is 0 Å². The van der Waals surface area contributed by atoms with Crippen LogP contribution in [0.25, 0.3) is 0 Å². The van der Waals surface area contributed by atoms with Gasteiger partial charge in [-0.05, 0) is 35.2 Å². The minimum absolute atomic E-state index is 0.0959. The molecule has 0 bridgehead atoms. The quantitative estimate of drug-likeness (QED) is 0.727. The van der Waals surface area contributed by atoms with E-state index < -0.39 is 22.6 Å². The van der Waals surface area contributed by atoms with E-state index in [4.69, 9.17) is 0 Å². The summed E-state index contributed by atoms with van der Waals surface area (Å²) in [5, 5.41) is 2.32. The Morgan fingerprint density at radius 3 is 2.57 bits per heavy atom. The summed E-state index contributed by atoms with van der Waals surface area (Å²) in [6.07, 6.45) is 0.660. The number of nitrogens with one attached hydrogen (secondary N) is 1. The Bertz CT molecular complexity index is 1120. The zero-order chi connectivity index (χ0) is 21.5. The van der Waals surface area contributed by atoms with Crippen molar-refractivity contribution in [2.24, 2.45) is 0 Å². The zero-order valence-corrected chi connectivity index (χ0v) is 16.5. The second-order valence-corrected chi connectivity index (χ2v) is 9.10. The van der Waals surface area contributed by atoms with E-state index in [0.29, 0.717) is 6.42 Å². The van der Waals surface area contributed by atoms with Crippen LogP contribution in [-0.2, 0) is 32.7 Å². The van der Waals surface area contributed by atoms with Gasteiger partial charge in [-0.3, -0.25) is 14.9 Å². The topological polar surface area (TPSA) is 92.8 Å². The number of hydrogen-bond acceptors (Lipinski definition) is 5. The summed E-state index contributed by atoms with van der Waals surface area (Å²) in [7, 11) is -3.94. The van der Waals surface area contributed by atoms with E-state index >= 15 is 0 Å². The van der Waals surface area contributed by atoms with Gasteiger partial charge in [-0.25, -0.2) is 8.42 Å². The van der Waals surface area contributed by atoms with Gasteiger partial charge in [0.1, 0.15) is 5.75 Å². The molecule has 4 rings (SSSR count). The molecule has 0 radical (unpaired) electrons. The van der Waals surface area contributed by atoms with Gasteiger partial charge in [-0.1, -0.05) is 24.3 Å². The van der Waals surface area contributed by atoms with Gasteiger partial charge >= 0.3 is 6.61 Å². The number of sulfonamides is 1. The molecule has 2 heterocycles. The Hall–Kier alpha value is -2.85. The fourth-order valence-electron chi connectivity index (χ4n) is 3.74. The third-order valence-corrected chi connectivity index (χ3v) is 7.02. The number of benzene rings is 2. The molecule has 2 aromatic carbocycles. The van der Waals surface area contributed by atoms with Crippen LogP contribution in [0.15, 0.2) is 47.4 Å². The Balaban J connectivity index is 1.56. The first-order valence-electron chi connectivity index (χ1n) is 9.24. The van der Waals surface area contributed by atoms with Crippen molar-refractivity contribution in [2.45, 2.75) is 43.4 Å². The van der Waals surface area contributed by atoms with Crippen LogP contribution < -0.4 is 10.1 Å². The van der Waals surface area contributed by atoms with Gasteiger partial charge in [-0.2, -0.15) is 13.1 Å². The summed E-state index contributed by atoms with van der Waals surface area (Å²) in [5.41, 5.74) is 2.29. The van der Waals surface area contributed by atoms with Crippen molar-refractivity contribution in [3.05, 3.63) is 59.2 Å². The molecule has 2 aromatic rings. The van der Waals surface area contributed by atoms with Gasteiger partial charge < -0.3 is 4.74 Å². The maximum atomic E-state index is 13.0. The first kappa shape index (κ1) is 20.4. The molecule has 158 valence electrons. The van der Waals surface area contributed by atoms with Crippen molar-refractivity contribution < 1.29 is 31.5 Å². The summed E-state index contributed by atoms with van der Waals surface area (Å²) < 4.78 is 56.4. The monoisotopic (exact) mass is 436 g/mol. The van der Waals surface area contributed by atoms with Crippen molar-refractivity contribution in [1.82, 2.24) is 9.62 Å². The molecule has 0 aromatic heterocycles. The lowest BCUT2D eigenvalue weighted by molar-refractivity contribution is -0.134. The minimum atomic E-state index is -3.94. The maximum absolute atomic E-state index is 13.0. The average molecular weight is 436 g/mol. The van der Waals surface area contributed by atoms with E-state index in [-0.39, 0.29) is 42.0 Å². The Morgan fingerprint density at radius 1 is 1.07 bits per heavy atom. The van der Waals surface area contributed by atoms with Crippen LogP contribution in [0.4, 0.5) is 8.78 Å². The van der Waals surface area contributed by atoms with Gasteiger partial charge in [0, 0.05) is 25.6 Å². The molecule has 1 fully saturated rings. The summed E-state index contributed by atoms with van der Waals surface area (Å²) in [5.74, 6) is -1.35. The molecule has 7 nitrogen and oxygen atoms in total. The lowest BCUT2D eigenvalue weighted by atomic mass is 9.89. The number of halogens is 2. The van der Waals surface area contributed by atoms with Crippen LogP contribution in [-0.4, -0.2) is 31.1 Å². The van der Waals surface area contributed by atoms with Gasteiger partial charge in [0.05, 0.1) is 10.8 Å². The molecule has 1 atom stereocenters. The second kappa shape index (κ2) is 7.77. The van der Waals surface area contributed by atoms with Crippen LogP contribution in [0.1, 0.15) is 35.4 Å². The van der Waals surface area contributed by atoms with Crippen LogP contribution in [0.5, 0.6) is 5.75 Å². The predicted octanol–water partition coefficient (Wildman–Crippen LogP) is 2.51. The highest BCUT2D eigenvalue weighted by molar-refractivity contribution is 7.89. The summed E-state index contributed by atoms with van der Waals surface area (Å²) >= 11 is 0. The molecule has 0 saturated carbocycles. The smallest absolute Gasteiger partial charge is 0.387 e. The van der Waals surface area contributed by atoms with Gasteiger partial charge in [0.15, 0.2) is 0 Å². The van der Waals surface area contributed by atoms with Crippen LogP contribution in [0.3, 0.4) is 0 Å². The van der Waals surface area contributed by atoms with Gasteiger partial charge in [-0.15, -0.1) is 0 Å². The number of carbonyl (C=O) groups is 2. The number of carbonyl (C=O) groups excluding carboxylic acids is 2. The summed E-state index contributed by atoms with van der Waals surface area (Å²) in [6.45, 7) is -2.82. The van der Waals surface area contributed by atoms with Gasteiger partial charge in [0.2, 0.25) is 21.8 Å². The molecular weight excluding hydrogens is 418 g/mol. The molecule has 2 amide bonds. The van der Waals surface area contributed by atoms with E-state index in [1.807, 2.05) is 0 Å². The molecule has 1 N–H and O–H groups in total. The fourth-order valence-corrected chi connectivity index (χ4v) is 5.17. The molecule has 1 saturated heterocycles. The number of fused-ring (bicyclic) bond motifs is 1. The third kappa shape index (κ3) is 3.92. The Labute approximate surface area is 171 Å². The maximum Gasteiger partial charge on any atom is 0.387 e. The highest BCUT2D eigenvalue weighted by Gasteiger charge is 2.33. The van der Waals surface area contributed by atoms with Crippen molar-refractivity contribution in [2.75, 3.05) is 0 Å². The fraction of sp³-hybridized carbons (Fsp3) is 0.300. The first-order chi connectivity index (χ1) is 14.2. The predicted molar refractivity (Wildman–Crippen MR) is 101 cm³/mol. The SMILES string of the molecule is O=C1CCC(c2ccc3c(c2)CN(S(=O)(=O)c2cccc(OC(F)F)c2)C3)C(=O)N1. The number of alkyl halides is 2. The highest BCUT2D eigenvalue weighted by atomic mass is 32.2. The number of imide groups is 1. The number of piperidine rings is 1. The normalized spacial score (nSPS) is 19.6. The molecule has 0 aliphatic carbocycles. The third-order valence-electron chi connectivity index (χ3n) is 5.23. The number of rotatable bonds is 5. The molecule has 2 aliphatic rings. The zero-order valence-electron chi connectivity index (χ0n) is 15.7. The second-order valence-electron chi connectivity index (χ2n) is 7.16. The van der Waals surface area contributed by atoms with Gasteiger partial charge in [0.25, 0.3) is 0 Å². The van der Waals surface area contributed by atoms with E-state index in [9.17, 15) is 26.8 Å². The van der Waals surface area contributed by atoms with E-state index in [1.165, 1.54) is 22.5 Å². The van der Waals surface area contributed by atoms with E-state index in [1.54, 1.807) is 18.2 Å². The first-order valence-corrected chi connectivity index (χ1v) is 10.7. The molecular formula is C20H18F2N2O5S. The van der Waals surface area contributed by atoms with Crippen LogP contribution in [0, 0.1) is 0 Å². The van der Waals surface area contributed by atoms with Crippen molar-refractivity contribution in [3.8, 4) is 5.75 Å². The standard InChI is InChI=1S/C20H18F2N2O5S/c21-20(22)29-15-2-1-3-16(9-15)30(27,28)24-10-13-5-4-12(8-14(13)11-24)17-6-7-18(25)23-19(17)26/h1-5,8-9,17,20H,6-7,10-11H2,(H,23,25,26). The Kier molecular flexibility index (Phi) is 5.29. The van der Waals surface area contributed by atoms with Crippen LogP contribution in [0.2, 0.25) is 0 Å². The average Bonchev–Trinajstić information content (AvgIpc) is 3.12. The van der Waals surface area contributed by atoms with E-state index in [2.05, 4.69) is 10.1 Å². The molecule has 30 heavy (non-hydrogen) atoms. The van der Waals surface area contributed by atoms with Crippen molar-refractivity contribution in [3.63, 3.8) is 0 Å². The van der Waals surface area contributed by atoms with E-state index in [0.717, 1.165) is 22.8 Å².